The first-order valence-electron chi connectivity index (χ1n) is 12.0. The number of aryl methyl sites for hydroxylation is 1. The van der Waals surface area contributed by atoms with Gasteiger partial charge in [-0.25, -0.2) is 4.98 Å². The molecule has 6 nitrogen and oxygen atoms in total. The maximum Gasteiger partial charge on any atom is 0.249 e. The van der Waals surface area contributed by atoms with Gasteiger partial charge in [-0.3, -0.25) is 9.69 Å². The Morgan fingerprint density at radius 2 is 1.72 bits per heavy atom. The number of benzene rings is 1. The van der Waals surface area contributed by atoms with Gasteiger partial charge in [-0.05, 0) is 50.8 Å². The molecule has 0 radical (unpaired) electrons. The summed E-state index contributed by atoms with van der Waals surface area (Å²) < 4.78 is 6.20. The predicted octanol–water partition coefficient (Wildman–Crippen LogP) is 4.33. The number of aromatic nitrogens is 1. The Hall–Kier alpha value is -2.60. The minimum Gasteiger partial charge on any atom is -0.490 e. The summed E-state index contributed by atoms with van der Waals surface area (Å²) in [6.07, 6.45) is 6.66. The van der Waals surface area contributed by atoms with Crippen molar-refractivity contribution in [2.75, 3.05) is 37.0 Å². The molecule has 0 N–H and O–H groups in total. The van der Waals surface area contributed by atoms with Gasteiger partial charge in [0.05, 0.1) is 5.69 Å². The van der Waals surface area contributed by atoms with Gasteiger partial charge in [-0.1, -0.05) is 31.0 Å². The number of para-hydroxylation sites is 1. The standard InChI is InChI=1S/C26H34N4O2/c1-18-17-22-23(25(27-18)28(2)3)24(26(31)30(22)19-9-7-8-10-19)29-15-13-21(14-16-29)32-20-11-5-4-6-12-20/h4-6,11-12,17,19,21,24H,7-10,13-16H2,1-3H3/t24-/m1/s1. The molecule has 1 aromatic carbocycles. The Bertz CT molecular complexity index is 963. The molecule has 3 heterocycles. The van der Waals surface area contributed by atoms with Crippen LogP contribution in [0.4, 0.5) is 11.5 Å². The summed E-state index contributed by atoms with van der Waals surface area (Å²) >= 11 is 0. The Morgan fingerprint density at radius 3 is 2.38 bits per heavy atom. The van der Waals surface area contributed by atoms with E-state index in [1.807, 2.05) is 51.4 Å². The minimum atomic E-state index is -0.242. The first kappa shape index (κ1) is 21.3. The van der Waals surface area contributed by atoms with Crippen LogP contribution in [0.2, 0.25) is 0 Å². The average molecular weight is 435 g/mol. The van der Waals surface area contributed by atoms with Crippen LogP contribution in [0.3, 0.4) is 0 Å². The van der Waals surface area contributed by atoms with E-state index >= 15 is 0 Å². The largest absolute Gasteiger partial charge is 0.490 e. The van der Waals surface area contributed by atoms with Crippen molar-refractivity contribution >= 4 is 17.4 Å². The molecule has 1 atom stereocenters. The molecule has 32 heavy (non-hydrogen) atoms. The van der Waals surface area contributed by atoms with Crippen LogP contribution in [0.1, 0.15) is 55.8 Å². The molecule has 6 heteroatoms. The van der Waals surface area contributed by atoms with Gasteiger partial charge >= 0.3 is 0 Å². The number of rotatable bonds is 5. The van der Waals surface area contributed by atoms with Gasteiger partial charge in [0.2, 0.25) is 5.91 Å². The monoisotopic (exact) mass is 434 g/mol. The molecule has 0 bridgehead atoms. The zero-order chi connectivity index (χ0) is 22.2. The zero-order valence-corrected chi connectivity index (χ0v) is 19.5. The molecule has 1 amide bonds. The van der Waals surface area contributed by atoms with Crippen LogP contribution in [0.5, 0.6) is 5.75 Å². The van der Waals surface area contributed by atoms with Gasteiger partial charge in [0.1, 0.15) is 23.7 Å². The van der Waals surface area contributed by atoms with Gasteiger partial charge < -0.3 is 14.5 Å². The van der Waals surface area contributed by atoms with Crippen LogP contribution in [0.25, 0.3) is 0 Å². The third-order valence-corrected chi connectivity index (χ3v) is 7.15. The van der Waals surface area contributed by atoms with E-state index in [0.717, 1.165) is 67.3 Å². The van der Waals surface area contributed by atoms with Crippen molar-refractivity contribution in [1.82, 2.24) is 9.88 Å². The quantitative estimate of drug-likeness (QED) is 0.701. The highest BCUT2D eigenvalue weighted by Crippen LogP contribution is 2.47. The molecule has 1 saturated heterocycles. The molecule has 1 aromatic heterocycles. The number of ether oxygens (including phenoxy) is 1. The fraction of sp³-hybridized carbons (Fsp3) is 0.538. The first-order chi connectivity index (χ1) is 15.5. The summed E-state index contributed by atoms with van der Waals surface area (Å²) in [4.78, 5) is 25.3. The second kappa shape index (κ2) is 8.74. The highest BCUT2D eigenvalue weighted by Gasteiger charge is 2.47. The predicted molar refractivity (Wildman–Crippen MR) is 127 cm³/mol. The molecule has 3 aliphatic rings. The Labute approximate surface area is 191 Å². The van der Waals surface area contributed by atoms with Gasteiger partial charge in [0.25, 0.3) is 0 Å². The SMILES string of the molecule is Cc1cc2c(c(N(C)C)n1)[C@@H](N1CCC(Oc3ccccc3)CC1)C(=O)N2C1CCCC1. The van der Waals surface area contributed by atoms with Gasteiger partial charge in [-0.15, -0.1) is 0 Å². The van der Waals surface area contributed by atoms with Crippen LogP contribution < -0.4 is 14.5 Å². The van der Waals surface area contributed by atoms with Crippen LogP contribution in [-0.2, 0) is 4.79 Å². The minimum absolute atomic E-state index is 0.194. The van der Waals surface area contributed by atoms with E-state index in [2.05, 4.69) is 20.8 Å². The lowest BCUT2D eigenvalue weighted by atomic mass is 10.0. The Balaban J connectivity index is 1.41. The highest BCUT2D eigenvalue weighted by atomic mass is 16.5. The van der Waals surface area contributed by atoms with E-state index in [0.29, 0.717) is 6.04 Å². The lowest BCUT2D eigenvalue weighted by Gasteiger charge is -2.36. The normalized spacial score (nSPS) is 22.4. The molecule has 2 aromatic rings. The maximum absolute atomic E-state index is 13.9. The van der Waals surface area contributed by atoms with E-state index in [9.17, 15) is 4.79 Å². The molecule has 1 saturated carbocycles. The molecular weight excluding hydrogens is 400 g/mol. The van der Waals surface area contributed by atoms with E-state index in [-0.39, 0.29) is 18.1 Å². The number of fused-ring (bicyclic) bond motifs is 1. The third-order valence-electron chi connectivity index (χ3n) is 7.15. The van der Waals surface area contributed by atoms with E-state index < -0.39 is 0 Å². The average Bonchev–Trinajstić information content (AvgIpc) is 3.40. The van der Waals surface area contributed by atoms with Crippen molar-refractivity contribution in [1.29, 1.82) is 0 Å². The molecule has 0 spiro atoms. The molecule has 2 fully saturated rings. The molecule has 1 aliphatic carbocycles. The molecule has 170 valence electrons. The van der Waals surface area contributed by atoms with Crippen molar-refractivity contribution in [3.63, 3.8) is 0 Å². The molecule has 0 unspecified atom stereocenters. The van der Waals surface area contributed by atoms with Gasteiger partial charge in [0, 0.05) is 44.5 Å². The van der Waals surface area contributed by atoms with Crippen LogP contribution in [0, 0.1) is 6.92 Å². The van der Waals surface area contributed by atoms with E-state index in [1.165, 1.54) is 12.8 Å². The van der Waals surface area contributed by atoms with Crippen molar-refractivity contribution in [2.45, 2.75) is 63.6 Å². The number of carbonyl (C=O) groups is 1. The Morgan fingerprint density at radius 1 is 1.03 bits per heavy atom. The number of hydrogen-bond acceptors (Lipinski definition) is 5. The topological polar surface area (TPSA) is 48.9 Å². The summed E-state index contributed by atoms with van der Waals surface area (Å²) in [5.74, 6) is 2.10. The summed E-state index contributed by atoms with van der Waals surface area (Å²) in [6.45, 7) is 3.74. The number of carbonyl (C=O) groups excluding carboxylic acids is 1. The molecule has 5 rings (SSSR count). The van der Waals surface area contributed by atoms with Gasteiger partial charge in [-0.2, -0.15) is 0 Å². The lowest BCUT2D eigenvalue weighted by Crippen LogP contribution is -2.46. The van der Waals surface area contributed by atoms with Crippen molar-refractivity contribution in [3.8, 4) is 5.75 Å². The lowest BCUT2D eigenvalue weighted by molar-refractivity contribution is -0.124. The number of amides is 1. The van der Waals surface area contributed by atoms with Crippen LogP contribution in [0.15, 0.2) is 36.4 Å². The van der Waals surface area contributed by atoms with Crippen LogP contribution >= 0.6 is 0 Å². The number of pyridine rings is 1. The zero-order valence-electron chi connectivity index (χ0n) is 19.5. The summed E-state index contributed by atoms with van der Waals surface area (Å²) in [6, 6.07) is 12.3. The second-order valence-corrected chi connectivity index (χ2v) is 9.63. The second-order valence-electron chi connectivity index (χ2n) is 9.63. The summed E-state index contributed by atoms with van der Waals surface area (Å²) in [7, 11) is 4.06. The molecule has 2 aliphatic heterocycles. The van der Waals surface area contributed by atoms with Crippen molar-refractivity contribution in [2.24, 2.45) is 0 Å². The number of piperidine rings is 1. The Kier molecular flexibility index (Phi) is 5.80. The van der Waals surface area contributed by atoms with Crippen molar-refractivity contribution < 1.29 is 9.53 Å². The van der Waals surface area contributed by atoms with Crippen molar-refractivity contribution in [3.05, 3.63) is 47.7 Å². The summed E-state index contributed by atoms with van der Waals surface area (Å²) in [5, 5.41) is 0. The maximum atomic E-state index is 13.9. The number of nitrogens with zero attached hydrogens (tertiary/aromatic N) is 4. The van der Waals surface area contributed by atoms with Crippen LogP contribution in [-0.4, -0.2) is 55.1 Å². The summed E-state index contributed by atoms with van der Waals surface area (Å²) in [5.41, 5.74) is 3.16. The number of anilines is 2. The number of hydrogen-bond donors (Lipinski definition) is 0. The number of likely N-dealkylation sites (tertiary alicyclic amines) is 1. The smallest absolute Gasteiger partial charge is 0.249 e. The van der Waals surface area contributed by atoms with E-state index in [1.54, 1.807) is 0 Å². The third kappa shape index (κ3) is 3.85. The fourth-order valence-electron chi connectivity index (χ4n) is 5.65. The van der Waals surface area contributed by atoms with Gasteiger partial charge in [0.15, 0.2) is 0 Å². The highest BCUT2D eigenvalue weighted by molar-refractivity contribution is 6.06. The fourth-order valence-corrected chi connectivity index (χ4v) is 5.65. The van der Waals surface area contributed by atoms with E-state index in [4.69, 9.17) is 9.72 Å². The molecular formula is C26H34N4O2. The first-order valence-corrected chi connectivity index (χ1v) is 12.0.